The van der Waals surface area contributed by atoms with Crippen LogP contribution >= 0.6 is 0 Å². The quantitative estimate of drug-likeness (QED) is 0.433. The van der Waals surface area contributed by atoms with Gasteiger partial charge in [-0.2, -0.15) is 0 Å². The topological polar surface area (TPSA) is 26.3 Å². The molecule has 0 saturated carbocycles. The molecule has 0 aliphatic carbocycles. The van der Waals surface area contributed by atoms with E-state index in [4.69, 9.17) is 4.74 Å². The number of benzene rings is 1. The van der Waals surface area contributed by atoms with E-state index in [-0.39, 0.29) is 25.4 Å². The van der Waals surface area contributed by atoms with Crippen LogP contribution in [-0.4, -0.2) is 5.97 Å². The second kappa shape index (κ2) is 5.05. The zero-order valence-corrected chi connectivity index (χ0v) is 8.72. The van der Waals surface area contributed by atoms with Crippen LogP contribution < -0.4 is 4.74 Å². The number of ether oxygens (including phenoxy) is 1. The molecule has 0 N–H and O–H groups in total. The van der Waals surface area contributed by atoms with Crippen molar-refractivity contribution in [3.05, 3.63) is 29.8 Å². The third-order valence-electron chi connectivity index (χ3n) is 1.28. The van der Waals surface area contributed by atoms with Gasteiger partial charge in [0.1, 0.15) is 5.75 Å². The molecular weight excluding hydrogens is 241 g/mol. The Labute approximate surface area is 84.7 Å². The summed E-state index contributed by atoms with van der Waals surface area (Å²) in [6.45, 7) is 3.37. The molecule has 0 atom stereocenters. The summed E-state index contributed by atoms with van der Waals surface area (Å²) < 4.78 is 4.83. The summed E-state index contributed by atoms with van der Waals surface area (Å²) in [6.07, 6.45) is 0. The van der Waals surface area contributed by atoms with Gasteiger partial charge in [0, 0.05) is 26.4 Å². The van der Waals surface area contributed by atoms with Gasteiger partial charge in [-0.1, -0.05) is 17.7 Å². The number of carbonyl (C=O) groups is 1. The van der Waals surface area contributed by atoms with E-state index in [1.54, 1.807) is 12.1 Å². The molecule has 66 valence electrons. The molecule has 0 aliphatic rings. The Morgan fingerprint density at radius 2 is 1.75 bits per heavy atom. The van der Waals surface area contributed by atoms with Crippen LogP contribution in [0.2, 0.25) is 0 Å². The zero-order valence-electron chi connectivity index (χ0n) is 6.98. The Balaban J connectivity index is 0.00000121. The van der Waals surface area contributed by atoms with Gasteiger partial charge in [-0.05, 0) is 19.1 Å². The van der Waals surface area contributed by atoms with E-state index in [9.17, 15) is 4.79 Å². The maximum absolute atomic E-state index is 10.5. The molecule has 1 rings (SSSR count). The summed E-state index contributed by atoms with van der Waals surface area (Å²) in [7, 11) is 0. The number of hydrogen-bond acceptors (Lipinski definition) is 2. The normalized spacial score (nSPS) is 8.50. The Bertz CT molecular complexity index is 254. The average molecular weight is 251 g/mol. The first-order valence-corrected chi connectivity index (χ1v) is 3.43. The predicted molar refractivity (Wildman–Crippen MR) is 42.5 cm³/mol. The third-order valence-corrected chi connectivity index (χ3v) is 1.28. The molecule has 1 aromatic rings. The molecule has 0 unspecified atom stereocenters. The van der Waals surface area contributed by atoms with Gasteiger partial charge in [0.15, 0.2) is 0 Å². The van der Waals surface area contributed by atoms with Crippen molar-refractivity contribution in [2.24, 2.45) is 0 Å². The summed E-state index contributed by atoms with van der Waals surface area (Å²) in [4.78, 5) is 10.5. The van der Waals surface area contributed by atoms with E-state index < -0.39 is 0 Å². The van der Waals surface area contributed by atoms with E-state index in [1.807, 2.05) is 19.1 Å². The average Bonchev–Trinajstić information content (AvgIpc) is 1.93. The first-order valence-electron chi connectivity index (χ1n) is 3.43. The van der Waals surface area contributed by atoms with Crippen molar-refractivity contribution < 1.29 is 29.0 Å². The van der Waals surface area contributed by atoms with Gasteiger partial charge in [0.2, 0.25) is 0 Å². The summed E-state index contributed by atoms with van der Waals surface area (Å²) >= 11 is 0. The van der Waals surface area contributed by atoms with Crippen molar-refractivity contribution in [1.29, 1.82) is 0 Å². The third kappa shape index (κ3) is 3.63. The van der Waals surface area contributed by atoms with Crippen LogP contribution in [0.1, 0.15) is 12.5 Å². The fourth-order valence-electron chi connectivity index (χ4n) is 0.772. The molecule has 0 radical (unpaired) electrons. The number of carbonyl (C=O) groups excluding carboxylic acids is 1. The first kappa shape index (κ1) is 11.3. The van der Waals surface area contributed by atoms with E-state index >= 15 is 0 Å². The van der Waals surface area contributed by atoms with Gasteiger partial charge >= 0.3 is 5.97 Å². The minimum Gasteiger partial charge on any atom is -0.427 e. The Morgan fingerprint density at radius 1 is 1.25 bits per heavy atom. The summed E-state index contributed by atoms with van der Waals surface area (Å²) in [6, 6.07) is 7.35. The maximum Gasteiger partial charge on any atom is 0.308 e. The zero-order chi connectivity index (χ0) is 8.27. The van der Waals surface area contributed by atoms with Crippen LogP contribution in [0.3, 0.4) is 0 Å². The molecule has 0 aliphatic heterocycles. The molecule has 0 amide bonds. The number of hydrogen-bond donors (Lipinski definition) is 0. The van der Waals surface area contributed by atoms with Crippen molar-refractivity contribution >= 4 is 5.97 Å². The van der Waals surface area contributed by atoms with Crippen molar-refractivity contribution in [1.82, 2.24) is 0 Å². The van der Waals surface area contributed by atoms with E-state index in [0.717, 1.165) is 5.56 Å². The molecule has 0 bridgehead atoms. The molecular formula is C9H10O2Ru. The Morgan fingerprint density at radius 3 is 2.17 bits per heavy atom. The Kier molecular flexibility index (Phi) is 4.76. The molecule has 12 heavy (non-hydrogen) atoms. The SMILES string of the molecule is CC(=O)Oc1ccc(C)cc1.[Ru]. The summed E-state index contributed by atoms with van der Waals surface area (Å²) in [5.41, 5.74) is 1.15. The van der Waals surface area contributed by atoms with Crippen LogP contribution in [0.5, 0.6) is 5.75 Å². The number of esters is 1. The van der Waals surface area contributed by atoms with Crippen LogP contribution in [0.25, 0.3) is 0 Å². The molecule has 3 heteroatoms. The fraction of sp³-hybridized carbons (Fsp3) is 0.222. The monoisotopic (exact) mass is 252 g/mol. The largest absolute Gasteiger partial charge is 0.427 e. The van der Waals surface area contributed by atoms with Gasteiger partial charge in [-0.3, -0.25) is 4.79 Å². The first-order chi connectivity index (χ1) is 5.18. The fourth-order valence-corrected chi connectivity index (χ4v) is 0.772. The minimum atomic E-state index is -0.283. The summed E-state index contributed by atoms with van der Waals surface area (Å²) in [5.74, 6) is 0.317. The Hall–Kier alpha value is -0.687. The van der Waals surface area contributed by atoms with Crippen molar-refractivity contribution in [3.8, 4) is 5.75 Å². The van der Waals surface area contributed by atoms with E-state index in [0.29, 0.717) is 5.75 Å². The van der Waals surface area contributed by atoms with Gasteiger partial charge in [0.25, 0.3) is 0 Å². The smallest absolute Gasteiger partial charge is 0.308 e. The second-order valence-electron chi connectivity index (χ2n) is 2.41. The van der Waals surface area contributed by atoms with Crippen molar-refractivity contribution in [2.75, 3.05) is 0 Å². The maximum atomic E-state index is 10.5. The van der Waals surface area contributed by atoms with Crippen LogP contribution in [0, 0.1) is 6.92 Å². The predicted octanol–water partition coefficient (Wildman–Crippen LogP) is 1.92. The number of aryl methyl sites for hydroxylation is 1. The molecule has 1 aromatic carbocycles. The van der Waals surface area contributed by atoms with Crippen LogP contribution in [0.15, 0.2) is 24.3 Å². The van der Waals surface area contributed by atoms with Crippen LogP contribution in [0.4, 0.5) is 0 Å². The molecule has 2 nitrogen and oxygen atoms in total. The van der Waals surface area contributed by atoms with Crippen molar-refractivity contribution in [2.45, 2.75) is 13.8 Å². The molecule has 0 saturated heterocycles. The van der Waals surface area contributed by atoms with Gasteiger partial charge in [0.05, 0.1) is 0 Å². The van der Waals surface area contributed by atoms with E-state index in [2.05, 4.69) is 0 Å². The van der Waals surface area contributed by atoms with Gasteiger partial charge in [-0.15, -0.1) is 0 Å². The number of rotatable bonds is 1. The molecule has 0 spiro atoms. The van der Waals surface area contributed by atoms with Crippen LogP contribution in [-0.2, 0) is 24.3 Å². The summed E-state index contributed by atoms with van der Waals surface area (Å²) in [5, 5.41) is 0. The standard InChI is InChI=1S/C9H10O2.Ru/c1-7-3-5-9(6-4-7)11-8(2)10;/h3-6H,1-2H3;. The molecule has 0 heterocycles. The van der Waals surface area contributed by atoms with Gasteiger partial charge in [-0.25, -0.2) is 0 Å². The second-order valence-corrected chi connectivity index (χ2v) is 2.41. The minimum absolute atomic E-state index is 0. The van der Waals surface area contributed by atoms with Crippen molar-refractivity contribution in [3.63, 3.8) is 0 Å². The molecule has 0 fully saturated rings. The van der Waals surface area contributed by atoms with E-state index in [1.165, 1.54) is 6.92 Å². The van der Waals surface area contributed by atoms with Gasteiger partial charge < -0.3 is 4.74 Å². The molecule has 0 aromatic heterocycles.